The smallest absolute Gasteiger partial charge is 0.306 e. The Morgan fingerprint density at radius 2 is 2.40 bits per heavy atom. The summed E-state index contributed by atoms with van der Waals surface area (Å²) < 4.78 is 0.787. The van der Waals surface area contributed by atoms with Crippen LogP contribution in [0.15, 0.2) is 11.4 Å². The first-order chi connectivity index (χ1) is 7.16. The van der Waals surface area contributed by atoms with E-state index >= 15 is 0 Å². The number of carboxylic acid groups (broad SMARTS) is 1. The van der Waals surface area contributed by atoms with Gasteiger partial charge in [-0.15, -0.1) is 11.3 Å². The molecule has 15 heavy (non-hydrogen) atoms. The lowest BCUT2D eigenvalue weighted by molar-refractivity contribution is -0.142. The molecule has 1 N–H and O–H groups in total. The van der Waals surface area contributed by atoms with Crippen molar-refractivity contribution in [2.24, 2.45) is 11.8 Å². The second-order valence-corrected chi connectivity index (χ2v) is 5.64. The molecule has 1 heterocycles. The Bertz CT molecular complexity index is 361. The predicted molar refractivity (Wildman–Crippen MR) is 61.5 cm³/mol. The van der Waals surface area contributed by atoms with Crippen LogP contribution in [0.4, 0.5) is 0 Å². The molecule has 1 aliphatic carbocycles. The number of rotatable bonds is 3. The molecule has 2 rings (SSSR count). The minimum Gasteiger partial charge on any atom is -0.481 e. The summed E-state index contributed by atoms with van der Waals surface area (Å²) in [6.07, 6.45) is 3.77. The van der Waals surface area contributed by atoms with E-state index in [2.05, 4.69) is 0 Å². The third kappa shape index (κ3) is 2.52. The van der Waals surface area contributed by atoms with Crippen LogP contribution in [0.2, 0.25) is 4.34 Å². The Kier molecular flexibility index (Phi) is 3.32. The van der Waals surface area contributed by atoms with Crippen molar-refractivity contribution in [2.45, 2.75) is 25.7 Å². The van der Waals surface area contributed by atoms with E-state index in [-0.39, 0.29) is 5.92 Å². The van der Waals surface area contributed by atoms with Gasteiger partial charge in [0.2, 0.25) is 0 Å². The van der Waals surface area contributed by atoms with E-state index in [0.29, 0.717) is 5.92 Å². The highest BCUT2D eigenvalue weighted by molar-refractivity contribution is 7.14. The molecule has 0 aromatic carbocycles. The summed E-state index contributed by atoms with van der Waals surface area (Å²) in [5.74, 6) is -0.490. The van der Waals surface area contributed by atoms with Crippen molar-refractivity contribution in [3.05, 3.63) is 21.3 Å². The molecule has 2 atom stereocenters. The van der Waals surface area contributed by atoms with E-state index in [1.165, 1.54) is 16.9 Å². The minimum absolute atomic E-state index is 0.149. The first kappa shape index (κ1) is 11.0. The Balaban J connectivity index is 2.02. The number of thiophene rings is 1. The second-order valence-electron chi connectivity index (χ2n) is 4.10. The van der Waals surface area contributed by atoms with Crippen LogP contribution in [0, 0.1) is 11.8 Å². The van der Waals surface area contributed by atoms with Gasteiger partial charge in [0.05, 0.1) is 10.3 Å². The topological polar surface area (TPSA) is 37.3 Å². The molecule has 1 fully saturated rings. The molecule has 0 amide bonds. The van der Waals surface area contributed by atoms with E-state index < -0.39 is 5.97 Å². The predicted octanol–water partition coefficient (Wildman–Crippen LogP) is 3.44. The van der Waals surface area contributed by atoms with Gasteiger partial charge in [-0.3, -0.25) is 4.79 Å². The molecule has 1 aliphatic rings. The normalized spacial score (nSPS) is 25.7. The minimum atomic E-state index is -0.640. The molecule has 82 valence electrons. The molecule has 0 spiro atoms. The lowest BCUT2D eigenvalue weighted by Gasteiger charge is -2.14. The molecule has 0 saturated heterocycles. The van der Waals surface area contributed by atoms with E-state index in [1.54, 1.807) is 0 Å². The van der Waals surface area contributed by atoms with Crippen LogP contribution in [0.25, 0.3) is 0 Å². The van der Waals surface area contributed by atoms with Gasteiger partial charge in [0.15, 0.2) is 0 Å². The average Bonchev–Trinajstić information content (AvgIpc) is 2.75. The second kappa shape index (κ2) is 4.54. The van der Waals surface area contributed by atoms with E-state index in [1.807, 2.05) is 11.4 Å². The van der Waals surface area contributed by atoms with Crippen LogP contribution in [0.3, 0.4) is 0 Å². The van der Waals surface area contributed by atoms with Crippen LogP contribution in [0.5, 0.6) is 0 Å². The Labute approximate surface area is 97.9 Å². The third-order valence-electron chi connectivity index (χ3n) is 3.10. The molecule has 1 saturated carbocycles. The maximum atomic E-state index is 11.0. The number of carbonyl (C=O) groups is 1. The van der Waals surface area contributed by atoms with Gasteiger partial charge in [0.1, 0.15) is 0 Å². The zero-order chi connectivity index (χ0) is 10.8. The van der Waals surface area contributed by atoms with Gasteiger partial charge in [-0.2, -0.15) is 0 Å². The summed E-state index contributed by atoms with van der Waals surface area (Å²) in [5.41, 5.74) is 1.18. The molecule has 0 bridgehead atoms. The van der Waals surface area contributed by atoms with Crippen molar-refractivity contribution < 1.29 is 9.90 Å². The summed E-state index contributed by atoms with van der Waals surface area (Å²) >= 11 is 7.36. The number of aliphatic carboxylic acids is 1. The van der Waals surface area contributed by atoms with Crippen molar-refractivity contribution in [3.63, 3.8) is 0 Å². The highest BCUT2D eigenvalue weighted by Crippen LogP contribution is 2.35. The highest BCUT2D eigenvalue weighted by Gasteiger charge is 2.32. The van der Waals surface area contributed by atoms with Crippen LogP contribution >= 0.6 is 22.9 Å². The molecular weight excluding hydrogens is 232 g/mol. The van der Waals surface area contributed by atoms with Gasteiger partial charge >= 0.3 is 5.97 Å². The van der Waals surface area contributed by atoms with Gasteiger partial charge in [0, 0.05) is 0 Å². The van der Waals surface area contributed by atoms with E-state index in [4.69, 9.17) is 16.7 Å². The fraction of sp³-hybridized carbons (Fsp3) is 0.545. The Morgan fingerprint density at radius 3 is 3.00 bits per heavy atom. The number of hydrogen-bond acceptors (Lipinski definition) is 2. The first-order valence-corrected chi connectivity index (χ1v) is 6.38. The Morgan fingerprint density at radius 1 is 1.60 bits per heavy atom. The zero-order valence-electron chi connectivity index (χ0n) is 8.28. The summed E-state index contributed by atoms with van der Waals surface area (Å²) in [6.45, 7) is 0. The molecule has 1 aromatic rings. The summed E-state index contributed by atoms with van der Waals surface area (Å²) in [5, 5.41) is 11.1. The largest absolute Gasteiger partial charge is 0.481 e. The Hall–Kier alpha value is -0.540. The molecular formula is C11H13ClO2S. The van der Waals surface area contributed by atoms with Crippen LogP contribution in [-0.4, -0.2) is 11.1 Å². The van der Waals surface area contributed by atoms with Crippen LogP contribution in [0.1, 0.15) is 24.8 Å². The van der Waals surface area contributed by atoms with Crippen molar-refractivity contribution in [3.8, 4) is 0 Å². The number of hydrogen-bond donors (Lipinski definition) is 1. The van der Waals surface area contributed by atoms with Gasteiger partial charge in [-0.05, 0) is 42.2 Å². The van der Waals surface area contributed by atoms with Crippen molar-refractivity contribution in [2.75, 3.05) is 0 Å². The molecule has 1 aromatic heterocycles. The summed E-state index contributed by atoms with van der Waals surface area (Å²) in [7, 11) is 0. The van der Waals surface area contributed by atoms with E-state index in [0.717, 1.165) is 30.0 Å². The van der Waals surface area contributed by atoms with Gasteiger partial charge < -0.3 is 5.11 Å². The van der Waals surface area contributed by atoms with Crippen LogP contribution in [-0.2, 0) is 11.2 Å². The maximum absolute atomic E-state index is 11.0. The summed E-state index contributed by atoms with van der Waals surface area (Å²) in [6, 6.07) is 1.95. The lowest BCUT2D eigenvalue weighted by Crippen LogP contribution is -2.19. The lowest BCUT2D eigenvalue weighted by atomic mass is 9.91. The standard InChI is InChI=1S/C11H13ClO2S/c12-10-5-7(6-15-10)4-8-2-1-3-9(8)11(13)14/h5-6,8-9H,1-4H2,(H,13,14). The monoisotopic (exact) mass is 244 g/mol. The van der Waals surface area contributed by atoms with Gasteiger partial charge in [-0.25, -0.2) is 0 Å². The highest BCUT2D eigenvalue weighted by atomic mass is 35.5. The fourth-order valence-corrected chi connectivity index (χ4v) is 3.28. The van der Waals surface area contributed by atoms with Crippen LogP contribution < -0.4 is 0 Å². The summed E-state index contributed by atoms with van der Waals surface area (Å²) in [4.78, 5) is 11.0. The SMILES string of the molecule is O=C(O)C1CCCC1Cc1csc(Cl)c1. The molecule has 0 radical (unpaired) electrons. The molecule has 4 heteroatoms. The third-order valence-corrected chi connectivity index (χ3v) is 4.24. The van der Waals surface area contributed by atoms with Crippen molar-refractivity contribution in [1.29, 1.82) is 0 Å². The van der Waals surface area contributed by atoms with E-state index in [9.17, 15) is 4.79 Å². The number of halogens is 1. The average molecular weight is 245 g/mol. The van der Waals surface area contributed by atoms with Crippen molar-refractivity contribution >= 4 is 28.9 Å². The first-order valence-electron chi connectivity index (χ1n) is 5.12. The number of carboxylic acids is 1. The van der Waals surface area contributed by atoms with Crippen molar-refractivity contribution in [1.82, 2.24) is 0 Å². The molecule has 2 unspecified atom stereocenters. The fourth-order valence-electron chi connectivity index (χ4n) is 2.36. The molecule has 2 nitrogen and oxygen atoms in total. The maximum Gasteiger partial charge on any atom is 0.306 e. The zero-order valence-corrected chi connectivity index (χ0v) is 9.85. The quantitative estimate of drug-likeness (QED) is 0.884. The molecule has 0 aliphatic heterocycles. The van der Waals surface area contributed by atoms with Gasteiger partial charge in [-0.1, -0.05) is 18.0 Å². The van der Waals surface area contributed by atoms with Gasteiger partial charge in [0.25, 0.3) is 0 Å².